The Kier molecular flexibility index (Phi) is 7.12. The van der Waals surface area contributed by atoms with E-state index in [-0.39, 0.29) is 33.7 Å². The molecule has 0 aliphatic rings. The van der Waals surface area contributed by atoms with Crippen LogP contribution < -0.4 is 4.72 Å². The molecule has 1 aromatic carbocycles. The van der Waals surface area contributed by atoms with Crippen LogP contribution in [0.5, 0.6) is 0 Å². The minimum Gasteiger partial charge on any atom is -0.462 e. The molecule has 1 rings (SSSR count). The van der Waals surface area contributed by atoms with E-state index in [1.165, 1.54) is 6.07 Å². The number of sulfonamides is 1. The van der Waals surface area contributed by atoms with Crippen LogP contribution >= 0.6 is 23.2 Å². The summed E-state index contributed by atoms with van der Waals surface area (Å²) in [6, 6.07) is 1.35. The second kappa shape index (κ2) is 8.15. The fourth-order valence-corrected chi connectivity index (χ4v) is 4.40. The van der Waals surface area contributed by atoms with E-state index in [0.29, 0.717) is 18.4 Å². The van der Waals surface area contributed by atoms with E-state index in [4.69, 9.17) is 27.9 Å². The Balaban J connectivity index is 3.56. The van der Waals surface area contributed by atoms with Crippen molar-refractivity contribution in [3.63, 3.8) is 0 Å². The Morgan fingerprint density at radius 2 is 1.91 bits per heavy atom. The summed E-state index contributed by atoms with van der Waals surface area (Å²) in [7, 11) is -3.86. The number of nitrogens with one attached hydrogen (secondary N) is 1. The van der Waals surface area contributed by atoms with Crippen molar-refractivity contribution in [2.24, 2.45) is 0 Å². The van der Waals surface area contributed by atoms with Crippen LogP contribution in [0.25, 0.3) is 0 Å². The van der Waals surface area contributed by atoms with Gasteiger partial charge >= 0.3 is 5.97 Å². The first-order valence-corrected chi connectivity index (χ1v) is 9.21. The van der Waals surface area contributed by atoms with Crippen molar-refractivity contribution in [2.45, 2.75) is 38.5 Å². The van der Waals surface area contributed by atoms with Gasteiger partial charge < -0.3 is 4.74 Å². The van der Waals surface area contributed by atoms with E-state index >= 15 is 0 Å². The molecule has 22 heavy (non-hydrogen) atoms. The smallest absolute Gasteiger partial charge is 0.339 e. The number of carbonyl (C=O) groups excluding carboxylic acids is 1. The predicted molar refractivity (Wildman–Crippen MR) is 87.3 cm³/mol. The van der Waals surface area contributed by atoms with Crippen molar-refractivity contribution in [2.75, 3.05) is 13.2 Å². The molecule has 8 heteroatoms. The number of hydrogen-bond acceptors (Lipinski definition) is 4. The van der Waals surface area contributed by atoms with E-state index in [2.05, 4.69) is 4.72 Å². The van der Waals surface area contributed by atoms with Crippen LogP contribution in [0.15, 0.2) is 11.0 Å². The van der Waals surface area contributed by atoms with Crippen molar-refractivity contribution < 1.29 is 17.9 Å². The summed E-state index contributed by atoms with van der Waals surface area (Å²) in [4.78, 5) is 11.8. The fourth-order valence-electron chi connectivity index (χ4n) is 1.92. The molecule has 0 aliphatic carbocycles. The summed E-state index contributed by atoms with van der Waals surface area (Å²) in [5.41, 5.74) is 0.325. The molecule has 5 nitrogen and oxygen atoms in total. The monoisotopic (exact) mass is 367 g/mol. The zero-order valence-corrected chi connectivity index (χ0v) is 15.0. The van der Waals surface area contributed by atoms with E-state index in [1.54, 1.807) is 13.8 Å². The first-order chi connectivity index (χ1) is 10.3. The first-order valence-electron chi connectivity index (χ1n) is 6.97. The van der Waals surface area contributed by atoms with Crippen LogP contribution in [0.3, 0.4) is 0 Å². The van der Waals surface area contributed by atoms with Crippen molar-refractivity contribution >= 4 is 39.2 Å². The first kappa shape index (κ1) is 19.2. The molecule has 0 radical (unpaired) electrons. The molecule has 124 valence electrons. The van der Waals surface area contributed by atoms with E-state index < -0.39 is 16.0 Å². The number of hydrogen-bond donors (Lipinski definition) is 1. The molecule has 0 unspecified atom stereocenters. The number of carbonyl (C=O) groups is 1. The van der Waals surface area contributed by atoms with Crippen LogP contribution in [-0.4, -0.2) is 27.5 Å². The molecule has 0 aromatic heterocycles. The molecule has 0 saturated carbocycles. The van der Waals surface area contributed by atoms with Crippen LogP contribution in [0.2, 0.25) is 10.0 Å². The average molecular weight is 368 g/mol. The lowest BCUT2D eigenvalue weighted by Crippen LogP contribution is -2.26. The third-order valence-electron chi connectivity index (χ3n) is 2.93. The van der Waals surface area contributed by atoms with E-state index in [1.807, 2.05) is 6.92 Å². The number of benzene rings is 1. The van der Waals surface area contributed by atoms with Crippen molar-refractivity contribution in [1.29, 1.82) is 0 Å². The van der Waals surface area contributed by atoms with Crippen LogP contribution in [0, 0.1) is 0 Å². The lowest BCUT2D eigenvalue weighted by atomic mass is 10.1. The molecule has 0 bridgehead atoms. The maximum absolute atomic E-state index is 12.5. The van der Waals surface area contributed by atoms with Crippen LogP contribution in [-0.2, 0) is 21.2 Å². The molecule has 0 spiro atoms. The summed E-state index contributed by atoms with van der Waals surface area (Å²) in [6.07, 6.45) is 0.994. The minimum atomic E-state index is -3.86. The Morgan fingerprint density at radius 3 is 2.41 bits per heavy atom. The van der Waals surface area contributed by atoms with Crippen molar-refractivity contribution in [1.82, 2.24) is 4.72 Å². The summed E-state index contributed by atoms with van der Waals surface area (Å²) in [5.74, 6) is -0.705. The van der Waals surface area contributed by atoms with Gasteiger partial charge in [-0.3, -0.25) is 0 Å². The molecule has 0 heterocycles. The molecule has 1 N–H and O–H groups in total. The highest BCUT2D eigenvalue weighted by molar-refractivity contribution is 7.89. The zero-order valence-electron chi connectivity index (χ0n) is 12.7. The lowest BCUT2D eigenvalue weighted by Gasteiger charge is -2.16. The van der Waals surface area contributed by atoms with Gasteiger partial charge in [0.05, 0.1) is 17.2 Å². The number of ether oxygens (including phenoxy) is 1. The lowest BCUT2D eigenvalue weighted by molar-refractivity contribution is 0.0526. The summed E-state index contributed by atoms with van der Waals surface area (Å²) in [5, 5.41) is 0.00938. The van der Waals surface area contributed by atoms with Gasteiger partial charge in [-0.2, -0.15) is 0 Å². The van der Waals surface area contributed by atoms with Crippen LogP contribution in [0.1, 0.15) is 43.1 Å². The third kappa shape index (κ3) is 4.13. The quantitative estimate of drug-likeness (QED) is 0.749. The summed E-state index contributed by atoms with van der Waals surface area (Å²) in [6.45, 7) is 5.67. The van der Waals surface area contributed by atoms with Crippen molar-refractivity contribution in [3.05, 3.63) is 27.2 Å². The van der Waals surface area contributed by atoms with Gasteiger partial charge in [-0.15, -0.1) is 0 Å². The maximum Gasteiger partial charge on any atom is 0.339 e. The van der Waals surface area contributed by atoms with Crippen LogP contribution in [0.4, 0.5) is 0 Å². The maximum atomic E-state index is 12.5. The van der Waals surface area contributed by atoms with Gasteiger partial charge in [0, 0.05) is 11.6 Å². The Bertz CT molecular complexity index is 659. The molecular weight excluding hydrogens is 349 g/mol. The largest absolute Gasteiger partial charge is 0.462 e. The van der Waals surface area contributed by atoms with E-state index in [9.17, 15) is 13.2 Å². The Morgan fingerprint density at radius 1 is 1.27 bits per heavy atom. The van der Waals surface area contributed by atoms with Gasteiger partial charge in [0.25, 0.3) is 0 Å². The topological polar surface area (TPSA) is 72.5 Å². The fraction of sp³-hybridized carbons (Fsp3) is 0.500. The molecular formula is C14H19Cl2NO4S. The molecule has 0 atom stereocenters. The van der Waals surface area contributed by atoms with Gasteiger partial charge in [0.1, 0.15) is 4.90 Å². The molecule has 1 aromatic rings. The standard InChI is InChI=1S/C14H19Cl2NO4S/c1-4-7-17-22(19,20)13-9(5-2)11(15)8-10(12(13)16)14(18)21-6-3/h8,17H,4-7H2,1-3H3. The number of halogens is 2. The highest BCUT2D eigenvalue weighted by Crippen LogP contribution is 2.35. The SMILES string of the molecule is CCCNS(=O)(=O)c1c(Cl)c(C(=O)OCC)cc(Cl)c1CC. The third-order valence-corrected chi connectivity index (χ3v) is 5.34. The minimum absolute atomic E-state index is 0.0532. The Labute approximate surface area is 141 Å². The second-order valence-electron chi connectivity index (χ2n) is 4.50. The second-order valence-corrected chi connectivity index (χ2v) is 6.99. The number of rotatable bonds is 7. The van der Waals surface area contributed by atoms with Gasteiger partial charge in [-0.1, -0.05) is 37.0 Å². The Hall–Kier alpha value is -0.820. The highest BCUT2D eigenvalue weighted by atomic mass is 35.5. The average Bonchev–Trinajstić information content (AvgIpc) is 2.46. The van der Waals surface area contributed by atoms with Gasteiger partial charge in [0.2, 0.25) is 10.0 Å². The molecule has 0 aliphatic heterocycles. The summed E-state index contributed by atoms with van der Waals surface area (Å²) >= 11 is 12.3. The molecule has 0 amide bonds. The predicted octanol–water partition coefficient (Wildman–Crippen LogP) is 3.42. The molecule has 0 saturated heterocycles. The zero-order chi connectivity index (χ0) is 16.9. The van der Waals surface area contributed by atoms with E-state index in [0.717, 1.165) is 0 Å². The highest BCUT2D eigenvalue weighted by Gasteiger charge is 2.28. The normalized spacial score (nSPS) is 11.5. The number of esters is 1. The van der Waals surface area contributed by atoms with Crippen molar-refractivity contribution in [3.8, 4) is 0 Å². The van der Waals surface area contributed by atoms with Gasteiger partial charge in [-0.05, 0) is 31.4 Å². The van der Waals surface area contributed by atoms with Gasteiger partial charge in [-0.25, -0.2) is 17.9 Å². The molecule has 0 fully saturated rings. The summed E-state index contributed by atoms with van der Waals surface area (Å²) < 4.78 is 32.3. The van der Waals surface area contributed by atoms with Gasteiger partial charge in [0.15, 0.2) is 0 Å².